The van der Waals surface area contributed by atoms with Gasteiger partial charge in [0, 0.05) is 17.0 Å². The Morgan fingerprint density at radius 3 is 2.55 bits per heavy atom. The van der Waals surface area contributed by atoms with Crippen molar-refractivity contribution in [2.75, 3.05) is 11.5 Å². The van der Waals surface area contributed by atoms with Crippen LogP contribution in [0.5, 0.6) is 0 Å². The van der Waals surface area contributed by atoms with Gasteiger partial charge in [0.2, 0.25) is 0 Å². The number of aromatic carboxylic acids is 1. The van der Waals surface area contributed by atoms with E-state index in [0.29, 0.717) is 10.0 Å². The molecule has 8 heteroatoms. The van der Waals surface area contributed by atoms with Crippen LogP contribution in [0.4, 0.5) is 0 Å². The largest absolute Gasteiger partial charge is 0.478 e. The summed E-state index contributed by atoms with van der Waals surface area (Å²) in [5, 5.41) is 9.82. The van der Waals surface area contributed by atoms with Gasteiger partial charge >= 0.3 is 5.97 Å². The highest BCUT2D eigenvalue weighted by Crippen LogP contribution is 2.22. The minimum absolute atomic E-state index is 0.0661. The van der Waals surface area contributed by atoms with Crippen molar-refractivity contribution in [1.29, 1.82) is 0 Å². The third-order valence-corrected chi connectivity index (χ3v) is 6.01. The van der Waals surface area contributed by atoms with E-state index in [1.54, 1.807) is 0 Å². The fourth-order valence-electron chi connectivity index (χ4n) is 1.68. The Bertz CT molecular complexity index is 776. The van der Waals surface area contributed by atoms with Crippen molar-refractivity contribution in [3.63, 3.8) is 0 Å². The third kappa shape index (κ3) is 4.22. The fraction of sp³-hybridized carbons (Fsp3) is 0.143. The first-order valence-corrected chi connectivity index (χ1v) is 9.21. The first-order valence-electron chi connectivity index (χ1n) is 6.19. The molecule has 1 N–H and O–H groups in total. The predicted molar refractivity (Wildman–Crippen MR) is 85.4 cm³/mol. The van der Waals surface area contributed by atoms with Crippen molar-refractivity contribution in [3.8, 4) is 0 Å². The second kappa shape index (κ2) is 7.13. The van der Waals surface area contributed by atoms with Crippen LogP contribution in [-0.2, 0) is 9.84 Å². The van der Waals surface area contributed by atoms with Gasteiger partial charge in [-0.15, -0.1) is 11.8 Å². The predicted octanol–water partition coefficient (Wildman–Crippen LogP) is 3.00. The molecule has 0 atom stereocenters. The minimum atomic E-state index is -3.43. The van der Waals surface area contributed by atoms with Gasteiger partial charge in [0.1, 0.15) is 5.03 Å². The number of aromatic nitrogens is 1. The number of rotatable bonds is 6. The molecule has 1 aromatic heterocycles. The molecule has 5 nitrogen and oxygen atoms in total. The highest BCUT2D eigenvalue weighted by Gasteiger charge is 2.16. The Morgan fingerprint density at radius 2 is 1.91 bits per heavy atom. The lowest BCUT2D eigenvalue weighted by molar-refractivity contribution is 0.0692. The molecule has 0 radical (unpaired) electrons. The van der Waals surface area contributed by atoms with Gasteiger partial charge in [0.05, 0.1) is 16.2 Å². The number of thioether (sulfide) groups is 1. The maximum absolute atomic E-state index is 12.2. The van der Waals surface area contributed by atoms with Gasteiger partial charge in [-0.05, 0) is 36.4 Å². The van der Waals surface area contributed by atoms with Crippen LogP contribution in [0.15, 0.2) is 52.5 Å². The highest BCUT2D eigenvalue weighted by atomic mass is 35.5. The molecule has 0 saturated carbocycles. The summed E-state index contributed by atoms with van der Waals surface area (Å²) in [5.41, 5.74) is 0.0661. The lowest BCUT2D eigenvalue weighted by Crippen LogP contribution is -2.09. The molecule has 1 heterocycles. The Balaban J connectivity index is 2.05. The number of hydrogen-bond acceptors (Lipinski definition) is 5. The van der Waals surface area contributed by atoms with Crippen LogP contribution in [-0.4, -0.2) is 36.0 Å². The normalized spacial score (nSPS) is 11.3. The van der Waals surface area contributed by atoms with Crippen molar-refractivity contribution in [1.82, 2.24) is 4.98 Å². The van der Waals surface area contributed by atoms with E-state index in [1.165, 1.54) is 42.6 Å². The molecule has 0 unspecified atom stereocenters. The zero-order valence-corrected chi connectivity index (χ0v) is 13.7. The average Bonchev–Trinajstić information content (AvgIpc) is 2.48. The van der Waals surface area contributed by atoms with Crippen LogP contribution in [0.3, 0.4) is 0 Å². The molecule has 0 aliphatic heterocycles. The molecule has 0 spiro atoms. The quantitative estimate of drug-likeness (QED) is 0.800. The summed E-state index contributed by atoms with van der Waals surface area (Å²) in [6.45, 7) is 0. The summed E-state index contributed by atoms with van der Waals surface area (Å²) in [7, 11) is -3.43. The number of pyridine rings is 1. The van der Waals surface area contributed by atoms with Gasteiger partial charge in [-0.1, -0.05) is 11.6 Å². The lowest BCUT2D eigenvalue weighted by Gasteiger charge is -2.06. The Kier molecular flexibility index (Phi) is 5.44. The van der Waals surface area contributed by atoms with Gasteiger partial charge < -0.3 is 5.11 Å². The maximum Gasteiger partial charge on any atom is 0.338 e. The number of carbonyl (C=O) groups is 1. The number of halogens is 1. The number of benzene rings is 1. The van der Waals surface area contributed by atoms with Crippen molar-refractivity contribution in [3.05, 3.63) is 53.2 Å². The molecule has 0 bridgehead atoms. The van der Waals surface area contributed by atoms with E-state index >= 15 is 0 Å². The van der Waals surface area contributed by atoms with Crippen LogP contribution >= 0.6 is 23.4 Å². The van der Waals surface area contributed by atoms with E-state index < -0.39 is 15.8 Å². The summed E-state index contributed by atoms with van der Waals surface area (Å²) >= 11 is 6.83. The van der Waals surface area contributed by atoms with Crippen molar-refractivity contribution < 1.29 is 18.3 Å². The molecule has 22 heavy (non-hydrogen) atoms. The zero-order valence-electron chi connectivity index (χ0n) is 11.3. The molecule has 0 fully saturated rings. The zero-order chi connectivity index (χ0) is 16.2. The Hall–Kier alpha value is -1.57. The topological polar surface area (TPSA) is 84.3 Å². The van der Waals surface area contributed by atoms with E-state index in [2.05, 4.69) is 4.98 Å². The van der Waals surface area contributed by atoms with E-state index in [4.69, 9.17) is 16.7 Å². The molecule has 0 saturated heterocycles. The van der Waals surface area contributed by atoms with E-state index in [-0.39, 0.29) is 22.0 Å². The second-order valence-electron chi connectivity index (χ2n) is 4.28. The van der Waals surface area contributed by atoms with Gasteiger partial charge in [-0.3, -0.25) is 0 Å². The number of carboxylic acids is 1. The van der Waals surface area contributed by atoms with Crippen LogP contribution in [0.2, 0.25) is 5.02 Å². The van der Waals surface area contributed by atoms with Crippen LogP contribution in [0, 0.1) is 0 Å². The lowest BCUT2D eigenvalue weighted by atomic mass is 10.3. The number of hydrogen-bond donors (Lipinski definition) is 1. The number of carboxylic acid groups (broad SMARTS) is 1. The summed E-state index contributed by atoms with van der Waals surface area (Å²) in [5.74, 6) is -0.992. The summed E-state index contributed by atoms with van der Waals surface area (Å²) < 4.78 is 24.3. The van der Waals surface area contributed by atoms with Gasteiger partial charge in [0.25, 0.3) is 0 Å². The highest BCUT2D eigenvalue weighted by molar-refractivity contribution is 8.00. The Morgan fingerprint density at radius 1 is 1.23 bits per heavy atom. The maximum atomic E-state index is 12.2. The van der Waals surface area contributed by atoms with Crippen molar-refractivity contribution in [2.45, 2.75) is 9.92 Å². The van der Waals surface area contributed by atoms with Crippen molar-refractivity contribution >= 4 is 39.2 Å². The van der Waals surface area contributed by atoms with Gasteiger partial charge in [0.15, 0.2) is 9.84 Å². The summed E-state index contributed by atoms with van der Waals surface area (Å²) in [6, 6.07) is 8.90. The molecule has 0 amide bonds. The standard InChI is InChI=1S/C14H12ClNO4S2/c15-10-3-5-11(6-4-10)22(19,20)9-8-21-13-12(14(17)18)2-1-7-16-13/h1-7H,8-9H2,(H,17,18). The number of nitrogens with zero attached hydrogens (tertiary/aromatic N) is 1. The van der Waals surface area contributed by atoms with Crippen LogP contribution in [0.1, 0.15) is 10.4 Å². The van der Waals surface area contributed by atoms with Gasteiger partial charge in [-0.2, -0.15) is 0 Å². The first-order chi connectivity index (χ1) is 10.4. The molecular weight excluding hydrogens is 346 g/mol. The van der Waals surface area contributed by atoms with Gasteiger partial charge in [-0.25, -0.2) is 18.2 Å². The number of sulfone groups is 1. The molecule has 116 valence electrons. The second-order valence-corrected chi connectivity index (χ2v) is 7.91. The van der Waals surface area contributed by atoms with E-state index in [0.717, 1.165) is 11.8 Å². The Labute approximate surface area is 137 Å². The molecule has 2 aromatic rings. The van der Waals surface area contributed by atoms with Crippen LogP contribution in [0.25, 0.3) is 0 Å². The monoisotopic (exact) mass is 357 g/mol. The summed E-state index contributed by atoms with van der Waals surface area (Å²) in [4.78, 5) is 15.2. The molecule has 1 aromatic carbocycles. The van der Waals surface area contributed by atoms with Crippen molar-refractivity contribution in [2.24, 2.45) is 0 Å². The SMILES string of the molecule is O=C(O)c1cccnc1SCCS(=O)(=O)c1ccc(Cl)cc1. The molecule has 0 aliphatic rings. The molecule has 2 rings (SSSR count). The average molecular weight is 358 g/mol. The van der Waals surface area contributed by atoms with E-state index in [9.17, 15) is 13.2 Å². The smallest absolute Gasteiger partial charge is 0.338 e. The third-order valence-electron chi connectivity index (χ3n) is 2.77. The fourth-order valence-corrected chi connectivity index (χ4v) is 4.44. The minimum Gasteiger partial charge on any atom is -0.478 e. The molecule has 0 aliphatic carbocycles. The van der Waals surface area contributed by atoms with E-state index in [1.807, 2.05) is 0 Å². The molecular formula is C14H12ClNO4S2. The van der Waals surface area contributed by atoms with Crippen LogP contribution < -0.4 is 0 Å². The first kappa shape index (κ1) is 16.8. The summed E-state index contributed by atoms with van der Waals surface area (Å²) in [6.07, 6.45) is 1.47.